The van der Waals surface area contributed by atoms with Crippen LogP contribution in [0.5, 0.6) is 0 Å². The van der Waals surface area contributed by atoms with Crippen LogP contribution < -0.4 is 0 Å². The summed E-state index contributed by atoms with van der Waals surface area (Å²) in [6, 6.07) is 12.9. The number of thioether (sulfide) groups is 1. The minimum Gasteiger partial charge on any atom is -0.480 e. The molecule has 26 heavy (non-hydrogen) atoms. The number of nitrogens with zero attached hydrogens (tertiary/aromatic N) is 1. The lowest BCUT2D eigenvalue weighted by molar-refractivity contribution is -0.145. The maximum atomic E-state index is 12.9. The van der Waals surface area contributed by atoms with Crippen LogP contribution in [0.2, 0.25) is 0 Å². The Kier molecular flexibility index (Phi) is 5.74. The van der Waals surface area contributed by atoms with Gasteiger partial charge in [0.25, 0.3) is 5.91 Å². The summed E-state index contributed by atoms with van der Waals surface area (Å²) in [6.07, 6.45) is 3.81. The molecule has 1 heterocycles. The number of unbranched alkanes of at least 4 members (excludes halogenated alkanes) is 1. The molecule has 1 fully saturated rings. The minimum atomic E-state index is -1.01. The fraction of sp³-hybridized carbons (Fsp3) is 0.250. The van der Waals surface area contributed by atoms with Crippen molar-refractivity contribution in [1.29, 1.82) is 0 Å². The first kappa shape index (κ1) is 18.6. The molecule has 0 spiro atoms. The molecule has 134 valence electrons. The molecule has 1 amide bonds. The monoisotopic (exact) mass is 385 g/mol. The third-order valence-electron chi connectivity index (χ3n) is 4.36. The van der Waals surface area contributed by atoms with Gasteiger partial charge in [-0.3, -0.25) is 9.69 Å². The zero-order valence-electron chi connectivity index (χ0n) is 14.3. The normalized spacial score (nSPS) is 17.3. The van der Waals surface area contributed by atoms with E-state index in [1.165, 1.54) is 16.7 Å². The van der Waals surface area contributed by atoms with Gasteiger partial charge in [0, 0.05) is 0 Å². The van der Waals surface area contributed by atoms with Crippen LogP contribution >= 0.6 is 24.0 Å². The average Bonchev–Trinajstić information content (AvgIpc) is 2.90. The molecule has 4 nitrogen and oxygen atoms in total. The Balaban J connectivity index is 1.95. The van der Waals surface area contributed by atoms with E-state index in [-0.39, 0.29) is 5.91 Å². The Labute approximate surface area is 161 Å². The number of fused-ring (bicyclic) bond motifs is 1. The van der Waals surface area contributed by atoms with Crippen molar-refractivity contribution < 1.29 is 14.7 Å². The van der Waals surface area contributed by atoms with Crippen molar-refractivity contribution >= 4 is 57.0 Å². The van der Waals surface area contributed by atoms with Crippen molar-refractivity contribution in [3.63, 3.8) is 0 Å². The summed E-state index contributed by atoms with van der Waals surface area (Å²) in [7, 11) is 0. The van der Waals surface area contributed by atoms with Gasteiger partial charge in [-0.05, 0) is 28.8 Å². The third-order valence-corrected chi connectivity index (χ3v) is 5.69. The molecule has 0 aliphatic carbocycles. The summed E-state index contributed by atoms with van der Waals surface area (Å²) in [5.41, 5.74) is 0.920. The topological polar surface area (TPSA) is 57.6 Å². The lowest BCUT2D eigenvalue weighted by atomic mass is 10.0. The highest BCUT2D eigenvalue weighted by Crippen LogP contribution is 2.36. The number of benzene rings is 2. The van der Waals surface area contributed by atoms with E-state index in [4.69, 9.17) is 12.2 Å². The molecule has 0 aromatic heterocycles. The first-order valence-electron chi connectivity index (χ1n) is 8.50. The number of rotatable bonds is 6. The quantitative estimate of drug-likeness (QED) is 0.578. The summed E-state index contributed by atoms with van der Waals surface area (Å²) >= 11 is 6.49. The van der Waals surface area contributed by atoms with Gasteiger partial charge in [0.1, 0.15) is 10.4 Å². The lowest BCUT2D eigenvalue weighted by Gasteiger charge is -2.22. The van der Waals surface area contributed by atoms with Crippen molar-refractivity contribution in [2.45, 2.75) is 32.2 Å². The van der Waals surface area contributed by atoms with Crippen LogP contribution in [0.4, 0.5) is 0 Å². The molecule has 0 radical (unpaired) electrons. The van der Waals surface area contributed by atoms with Crippen LogP contribution in [-0.4, -0.2) is 32.2 Å². The van der Waals surface area contributed by atoms with Gasteiger partial charge in [0.05, 0.1) is 4.91 Å². The number of hydrogen-bond acceptors (Lipinski definition) is 4. The number of amides is 1. The minimum absolute atomic E-state index is 0.310. The van der Waals surface area contributed by atoms with E-state index >= 15 is 0 Å². The summed E-state index contributed by atoms with van der Waals surface area (Å²) < 4.78 is 0.310. The van der Waals surface area contributed by atoms with Crippen LogP contribution in [-0.2, 0) is 9.59 Å². The van der Waals surface area contributed by atoms with Crippen LogP contribution in [0.25, 0.3) is 16.8 Å². The van der Waals surface area contributed by atoms with Crippen molar-refractivity contribution in [2.24, 2.45) is 0 Å². The maximum Gasteiger partial charge on any atom is 0.326 e. The molecule has 1 atom stereocenters. The van der Waals surface area contributed by atoms with Gasteiger partial charge < -0.3 is 5.11 Å². The molecule has 1 unspecified atom stereocenters. The molecule has 3 rings (SSSR count). The molecule has 0 bridgehead atoms. The van der Waals surface area contributed by atoms with E-state index in [1.807, 2.05) is 49.4 Å². The molecule has 1 aliphatic heterocycles. The summed E-state index contributed by atoms with van der Waals surface area (Å²) in [6.45, 7) is 1.99. The molecule has 1 aliphatic rings. The fourth-order valence-corrected chi connectivity index (χ4v) is 4.37. The van der Waals surface area contributed by atoms with E-state index in [1.54, 1.807) is 6.08 Å². The largest absolute Gasteiger partial charge is 0.480 e. The number of carbonyl (C=O) groups excluding carboxylic acids is 1. The van der Waals surface area contributed by atoms with Crippen molar-refractivity contribution in [2.75, 3.05) is 0 Å². The highest BCUT2D eigenvalue weighted by molar-refractivity contribution is 8.26. The molecule has 1 N–H and O–H groups in total. The molecule has 2 aromatic carbocycles. The second-order valence-corrected chi connectivity index (χ2v) is 7.79. The SMILES string of the molecule is CCCCC(C(=O)O)N1C(=O)C(=Cc2cccc3ccccc23)SC1=S. The van der Waals surface area contributed by atoms with E-state index in [0.29, 0.717) is 15.6 Å². The Morgan fingerprint density at radius 2 is 2.00 bits per heavy atom. The van der Waals surface area contributed by atoms with E-state index in [0.717, 1.165) is 29.2 Å². The lowest BCUT2D eigenvalue weighted by Crippen LogP contribution is -2.43. The summed E-state index contributed by atoms with van der Waals surface area (Å²) in [5.74, 6) is -1.34. The zero-order chi connectivity index (χ0) is 18.7. The highest BCUT2D eigenvalue weighted by atomic mass is 32.2. The van der Waals surface area contributed by atoms with Crippen molar-refractivity contribution in [1.82, 2.24) is 4.90 Å². The van der Waals surface area contributed by atoms with E-state index < -0.39 is 12.0 Å². The third kappa shape index (κ3) is 3.66. The van der Waals surface area contributed by atoms with Gasteiger partial charge >= 0.3 is 5.97 Å². The fourth-order valence-electron chi connectivity index (χ4n) is 3.03. The Bertz CT molecular complexity index is 902. The molecule has 2 aromatic rings. The summed E-state index contributed by atoms with van der Waals surface area (Å²) in [5, 5.41) is 11.7. The maximum absolute atomic E-state index is 12.9. The smallest absolute Gasteiger partial charge is 0.326 e. The zero-order valence-corrected chi connectivity index (χ0v) is 16.0. The van der Waals surface area contributed by atoms with E-state index in [9.17, 15) is 14.7 Å². The van der Waals surface area contributed by atoms with Crippen LogP contribution in [0, 0.1) is 0 Å². The Morgan fingerprint density at radius 1 is 1.27 bits per heavy atom. The molecule has 1 saturated heterocycles. The Hall–Kier alpha value is -2.18. The van der Waals surface area contributed by atoms with Gasteiger partial charge in [0.15, 0.2) is 0 Å². The number of hydrogen-bond donors (Lipinski definition) is 1. The van der Waals surface area contributed by atoms with Gasteiger partial charge in [0.2, 0.25) is 0 Å². The Morgan fingerprint density at radius 3 is 2.73 bits per heavy atom. The van der Waals surface area contributed by atoms with Crippen molar-refractivity contribution in [3.05, 3.63) is 52.9 Å². The standard InChI is InChI=1S/C20H19NO3S2/c1-2-3-11-16(19(23)24)21-18(22)17(26-20(21)25)12-14-9-6-8-13-7-4-5-10-15(13)14/h4-10,12,16H,2-3,11H2,1H3,(H,23,24). The number of aliphatic carboxylic acids is 1. The van der Waals surface area contributed by atoms with Crippen LogP contribution in [0.15, 0.2) is 47.4 Å². The number of carboxylic acid groups (broad SMARTS) is 1. The van der Waals surface area contributed by atoms with E-state index in [2.05, 4.69) is 0 Å². The number of thiocarbonyl (C=S) groups is 1. The molecular weight excluding hydrogens is 366 g/mol. The van der Waals surface area contributed by atoms with Gasteiger partial charge in [-0.2, -0.15) is 0 Å². The molecule has 0 saturated carbocycles. The van der Waals surface area contributed by atoms with Crippen LogP contribution in [0.1, 0.15) is 31.7 Å². The molecular formula is C20H19NO3S2. The van der Waals surface area contributed by atoms with Crippen LogP contribution in [0.3, 0.4) is 0 Å². The summed E-state index contributed by atoms with van der Waals surface area (Å²) in [4.78, 5) is 26.2. The first-order chi connectivity index (χ1) is 12.5. The second-order valence-electron chi connectivity index (χ2n) is 6.12. The van der Waals surface area contributed by atoms with Gasteiger partial charge in [-0.1, -0.05) is 86.2 Å². The van der Waals surface area contributed by atoms with Crippen molar-refractivity contribution in [3.8, 4) is 0 Å². The second kappa shape index (κ2) is 8.01. The number of carbonyl (C=O) groups is 2. The highest BCUT2D eigenvalue weighted by Gasteiger charge is 2.40. The first-order valence-corrected chi connectivity index (χ1v) is 9.73. The average molecular weight is 386 g/mol. The predicted octanol–water partition coefficient (Wildman–Crippen LogP) is 4.68. The molecule has 6 heteroatoms. The predicted molar refractivity (Wildman–Crippen MR) is 110 cm³/mol. The van der Waals surface area contributed by atoms with Gasteiger partial charge in [-0.25, -0.2) is 4.79 Å². The number of carboxylic acids is 1. The van der Waals surface area contributed by atoms with Gasteiger partial charge in [-0.15, -0.1) is 0 Å².